The van der Waals surface area contributed by atoms with Gasteiger partial charge in [-0.25, -0.2) is 0 Å². The van der Waals surface area contributed by atoms with Gasteiger partial charge in [0.15, 0.2) is 0 Å². The fourth-order valence-electron chi connectivity index (χ4n) is 3.13. The van der Waals surface area contributed by atoms with Crippen LogP contribution in [0.25, 0.3) is 0 Å². The molecule has 0 radical (unpaired) electrons. The van der Waals surface area contributed by atoms with Crippen molar-refractivity contribution in [1.82, 2.24) is 0 Å². The Hall–Kier alpha value is -2.13. The third-order valence-corrected chi connectivity index (χ3v) is 4.27. The first kappa shape index (κ1) is 16.2. The van der Waals surface area contributed by atoms with Crippen molar-refractivity contribution >= 4 is 11.4 Å². The van der Waals surface area contributed by atoms with Crippen molar-refractivity contribution in [2.45, 2.75) is 32.2 Å². The summed E-state index contributed by atoms with van der Waals surface area (Å²) in [5.41, 5.74) is 1.07. The number of nitro groups is 1. The molecule has 1 fully saturated rings. The van der Waals surface area contributed by atoms with Crippen LogP contribution in [0, 0.1) is 27.4 Å². The van der Waals surface area contributed by atoms with Gasteiger partial charge in [0, 0.05) is 31.8 Å². The Morgan fingerprint density at radius 2 is 2.27 bits per heavy atom. The van der Waals surface area contributed by atoms with Gasteiger partial charge in [0.25, 0.3) is 5.69 Å². The standard InChI is InChI=1S/C16H21N3O3/c1-12-3-4-14(9-12)18(7-8-22-2)16-6-5-15(19(20)21)10-13(16)11-17/h5-6,10,12,14H,3-4,7-9H2,1-2H3. The Morgan fingerprint density at radius 1 is 1.50 bits per heavy atom. The maximum Gasteiger partial charge on any atom is 0.270 e. The van der Waals surface area contributed by atoms with E-state index in [1.165, 1.54) is 18.6 Å². The van der Waals surface area contributed by atoms with Gasteiger partial charge in [-0.05, 0) is 31.2 Å². The van der Waals surface area contributed by atoms with Crippen LogP contribution >= 0.6 is 0 Å². The van der Waals surface area contributed by atoms with Crippen molar-refractivity contribution in [3.05, 3.63) is 33.9 Å². The predicted octanol–water partition coefficient (Wildman–Crippen LogP) is 3.11. The van der Waals surface area contributed by atoms with Crippen LogP contribution in [0.15, 0.2) is 18.2 Å². The second kappa shape index (κ2) is 7.23. The highest BCUT2D eigenvalue weighted by Crippen LogP contribution is 2.34. The molecule has 0 heterocycles. The van der Waals surface area contributed by atoms with Crippen molar-refractivity contribution in [1.29, 1.82) is 5.26 Å². The first-order valence-corrected chi connectivity index (χ1v) is 7.51. The number of nitriles is 1. The molecule has 1 aliphatic carbocycles. The van der Waals surface area contributed by atoms with Crippen LogP contribution < -0.4 is 4.90 Å². The minimum absolute atomic E-state index is 0.0493. The number of hydrogen-bond donors (Lipinski definition) is 0. The van der Waals surface area contributed by atoms with Crippen LogP contribution in [-0.2, 0) is 4.74 Å². The highest BCUT2D eigenvalue weighted by molar-refractivity contribution is 5.63. The SMILES string of the molecule is COCCN(c1ccc([N+](=O)[O-])cc1C#N)C1CCC(C)C1. The van der Waals surface area contributed by atoms with E-state index in [0.29, 0.717) is 30.7 Å². The van der Waals surface area contributed by atoms with Gasteiger partial charge in [-0.2, -0.15) is 5.26 Å². The van der Waals surface area contributed by atoms with E-state index in [0.717, 1.165) is 18.5 Å². The molecule has 0 N–H and O–H groups in total. The number of non-ortho nitro benzene ring substituents is 1. The van der Waals surface area contributed by atoms with E-state index in [1.54, 1.807) is 13.2 Å². The van der Waals surface area contributed by atoms with E-state index in [9.17, 15) is 15.4 Å². The highest BCUT2D eigenvalue weighted by atomic mass is 16.6. The number of benzene rings is 1. The van der Waals surface area contributed by atoms with E-state index in [4.69, 9.17) is 4.74 Å². The summed E-state index contributed by atoms with van der Waals surface area (Å²) >= 11 is 0. The van der Waals surface area contributed by atoms with Gasteiger partial charge < -0.3 is 9.64 Å². The third-order valence-electron chi connectivity index (χ3n) is 4.27. The Bertz CT molecular complexity index is 582. The van der Waals surface area contributed by atoms with Crippen molar-refractivity contribution < 1.29 is 9.66 Å². The summed E-state index contributed by atoms with van der Waals surface area (Å²) in [6.45, 7) is 3.47. The Morgan fingerprint density at radius 3 is 2.82 bits per heavy atom. The number of anilines is 1. The molecule has 6 heteroatoms. The number of ether oxygens (including phenoxy) is 1. The van der Waals surface area contributed by atoms with E-state index in [1.807, 2.05) is 0 Å². The molecule has 0 aliphatic heterocycles. The lowest BCUT2D eigenvalue weighted by Gasteiger charge is -2.31. The molecule has 1 aromatic carbocycles. The van der Waals surface area contributed by atoms with Gasteiger partial charge in [-0.1, -0.05) is 6.92 Å². The largest absolute Gasteiger partial charge is 0.383 e. The van der Waals surface area contributed by atoms with Crippen LogP contribution in [0.5, 0.6) is 0 Å². The first-order chi connectivity index (χ1) is 10.6. The van der Waals surface area contributed by atoms with Gasteiger partial charge >= 0.3 is 0 Å². The molecule has 2 unspecified atom stereocenters. The van der Waals surface area contributed by atoms with Crippen LogP contribution in [0.2, 0.25) is 0 Å². The van der Waals surface area contributed by atoms with Crippen molar-refractivity contribution in [3.63, 3.8) is 0 Å². The fraction of sp³-hybridized carbons (Fsp3) is 0.562. The lowest BCUT2D eigenvalue weighted by atomic mass is 10.1. The number of nitrogens with zero attached hydrogens (tertiary/aromatic N) is 3. The van der Waals surface area contributed by atoms with Crippen molar-refractivity contribution in [2.75, 3.05) is 25.2 Å². The Kier molecular flexibility index (Phi) is 5.34. The third kappa shape index (κ3) is 3.55. The summed E-state index contributed by atoms with van der Waals surface area (Å²) in [4.78, 5) is 12.6. The van der Waals surface area contributed by atoms with Crippen LogP contribution in [0.4, 0.5) is 11.4 Å². The fourth-order valence-corrected chi connectivity index (χ4v) is 3.13. The molecule has 1 aromatic rings. The van der Waals surface area contributed by atoms with Gasteiger partial charge in [0.1, 0.15) is 6.07 Å². The normalized spacial score (nSPS) is 20.6. The molecule has 1 saturated carbocycles. The van der Waals surface area contributed by atoms with Gasteiger partial charge in [0.05, 0.1) is 22.8 Å². The van der Waals surface area contributed by atoms with E-state index < -0.39 is 4.92 Å². The zero-order valence-electron chi connectivity index (χ0n) is 13.0. The second-order valence-electron chi connectivity index (χ2n) is 5.83. The molecular formula is C16H21N3O3. The smallest absolute Gasteiger partial charge is 0.270 e. The number of nitro benzene ring substituents is 1. The predicted molar refractivity (Wildman–Crippen MR) is 83.8 cm³/mol. The zero-order chi connectivity index (χ0) is 16.1. The average Bonchev–Trinajstić information content (AvgIpc) is 2.94. The molecule has 0 spiro atoms. The summed E-state index contributed by atoms with van der Waals surface area (Å²) in [7, 11) is 1.65. The summed E-state index contributed by atoms with van der Waals surface area (Å²) in [6, 6.07) is 6.97. The zero-order valence-corrected chi connectivity index (χ0v) is 13.0. The Balaban J connectivity index is 2.34. The molecule has 22 heavy (non-hydrogen) atoms. The summed E-state index contributed by atoms with van der Waals surface area (Å²) in [5, 5.41) is 20.2. The molecule has 0 bridgehead atoms. The molecule has 0 saturated heterocycles. The lowest BCUT2D eigenvalue weighted by molar-refractivity contribution is -0.384. The topological polar surface area (TPSA) is 79.4 Å². The molecule has 0 aromatic heterocycles. The maximum atomic E-state index is 10.9. The van der Waals surface area contributed by atoms with Crippen LogP contribution in [-0.4, -0.2) is 31.2 Å². The van der Waals surface area contributed by atoms with Crippen LogP contribution in [0.1, 0.15) is 31.7 Å². The summed E-state index contributed by atoms with van der Waals surface area (Å²) in [6.07, 6.45) is 3.32. The molecular weight excluding hydrogens is 282 g/mol. The summed E-state index contributed by atoms with van der Waals surface area (Å²) < 4.78 is 5.18. The number of rotatable bonds is 6. The molecule has 6 nitrogen and oxygen atoms in total. The monoisotopic (exact) mass is 303 g/mol. The van der Waals surface area contributed by atoms with E-state index >= 15 is 0 Å². The molecule has 118 valence electrons. The van der Waals surface area contributed by atoms with Crippen LogP contribution in [0.3, 0.4) is 0 Å². The molecule has 0 amide bonds. The first-order valence-electron chi connectivity index (χ1n) is 7.51. The molecule has 2 atom stereocenters. The molecule has 2 rings (SSSR count). The quantitative estimate of drug-likeness (QED) is 0.596. The maximum absolute atomic E-state index is 10.9. The van der Waals surface area contributed by atoms with Gasteiger partial charge in [0.2, 0.25) is 0 Å². The van der Waals surface area contributed by atoms with Gasteiger partial charge in [-0.15, -0.1) is 0 Å². The minimum Gasteiger partial charge on any atom is -0.383 e. The second-order valence-corrected chi connectivity index (χ2v) is 5.83. The minimum atomic E-state index is -0.470. The Labute approximate surface area is 130 Å². The van der Waals surface area contributed by atoms with E-state index in [2.05, 4.69) is 17.9 Å². The number of methoxy groups -OCH3 is 1. The highest BCUT2D eigenvalue weighted by Gasteiger charge is 2.28. The van der Waals surface area contributed by atoms with E-state index in [-0.39, 0.29) is 5.69 Å². The average molecular weight is 303 g/mol. The van der Waals surface area contributed by atoms with Crippen molar-refractivity contribution in [3.8, 4) is 6.07 Å². The lowest BCUT2D eigenvalue weighted by Crippen LogP contribution is -2.36. The number of hydrogen-bond acceptors (Lipinski definition) is 5. The molecule has 1 aliphatic rings. The van der Waals surface area contributed by atoms with Crippen molar-refractivity contribution in [2.24, 2.45) is 5.92 Å². The summed E-state index contributed by atoms with van der Waals surface area (Å²) in [5.74, 6) is 0.665. The van der Waals surface area contributed by atoms with Gasteiger partial charge in [-0.3, -0.25) is 10.1 Å².